The van der Waals surface area contributed by atoms with Gasteiger partial charge in [0.25, 0.3) is 0 Å². The zero-order valence-electron chi connectivity index (χ0n) is 11.9. The minimum Gasteiger partial charge on any atom is -0.478 e. The van der Waals surface area contributed by atoms with Gasteiger partial charge in [-0.3, -0.25) is 4.79 Å². The number of nitrogens with zero attached hydrogens (tertiary/aromatic N) is 1. The number of ether oxygens (including phenoxy) is 1. The summed E-state index contributed by atoms with van der Waals surface area (Å²) in [5, 5.41) is 8.71. The quantitative estimate of drug-likeness (QED) is 0.677. The predicted molar refractivity (Wildman–Crippen MR) is 74.0 cm³/mol. The Morgan fingerprint density at radius 2 is 2.00 bits per heavy atom. The highest BCUT2D eigenvalue weighted by atomic mass is 19.1. The van der Waals surface area contributed by atoms with E-state index >= 15 is 0 Å². The highest BCUT2D eigenvalue weighted by molar-refractivity contribution is 6.05. The summed E-state index contributed by atoms with van der Waals surface area (Å²) in [5.74, 6) is -4.74. The highest BCUT2D eigenvalue weighted by Crippen LogP contribution is 2.17. The Hall–Kier alpha value is -2.12. The largest absolute Gasteiger partial charge is 0.478 e. The molecule has 22 heavy (non-hydrogen) atoms. The molecule has 1 atom stereocenters. The van der Waals surface area contributed by atoms with Gasteiger partial charge in [-0.05, 0) is 25.3 Å². The van der Waals surface area contributed by atoms with E-state index in [4.69, 9.17) is 9.84 Å². The van der Waals surface area contributed by atoms with Crippen LogP contribution in [0.4, 0.5) is 8.78 Å². The maximum Gasteiger partial charge on any atom is 0.335 e. The summed E-state index contributed by atoms with van der Waals surface area (Å²) < 4.78 is 32.9. The molecule has 1 aromatic carbocycles. The minimum atomic E-state index is -1.47. The van der Waals surface area contributed by atoms with Crippen molar-refractivity contribution in [3.05, 3.63) is 47.0 Å². The van der Waals surface area contributed by atoms with Gasteiger partial charge in [-0.1, -0.05) is 6.08 Å². The molecule has 0 saturated carbocycles. The van der Waals surface area contributed by atoms with Crippen LogP contribution in [-0.4, -0.2) is 54.6 Å². The number of carbonyl (C=O) groups is 2. The number of hydrogen-bond acceptors (Lipinski definition) is 4. The first-order valence-corrected chi connectivity index (χ1v) is 6.63. The Labute approximate surface area is 125 Å². The van der Waals surface area contributed by atoms with Crippen LogP contribution in [0.15, 0.2) is 24.3 Å². The van der Waals surface area contributed by atoms with Crippen molar-refractivity contribution in [2.75, 3.05) is 26.7 Å². The van der Waals surface area contributed by atoms with Gasteiger partial charge in [0.05, 0.1) is 23.8 Å². The molecule has 1 saturated heterocycles. The lowest BCUT2D eigenvalue weighted by Gasteiger charge is -2.28. The van der Waals surface area contributed by atoms with Crippen LogP contribution < -0.4 is 0 Å². The zero-order valence-corrected chi connectivity index (χ0v) is 11.9. The fourth-order valence-electron chi connectivity index (χ4n) is 2.14. The van der Waals surface area contributed by atoms with Crippen LogP contribution in [-0.2, 0) is 4.74 Å². The van der Waals surface area contributed by atoms with Crippen molar-refractivity contribution in [2.24, 2.45) is 0 Å². The Morgan fingerprint density at radius 1 is 1.36 bits per heavy atom. The van der Waals surface area contributed by atoms with E-state index in [-0.39, 0.29) is 6.10 Å². The maximum absolute atomic E-state index is 13.8. The molecule has 7 heteroatoms. The van der Waals surface area contributed by atoms with Gasteiger partial charge in [0, 0.05) is 13.1 Å². The standard InChI is InChI=1S/C15H15F2NO4/c1-18-4-5-22-10(8-18)2-3-13(19)14-11(16)6-9(15(20)21)7-12(14)17/h2-3,6-7,10H,4-5,8H2,1H3,(H,20,21)/b3-2+/t10-/m0/s1. The maximum atomic E-state index is 13.8. The average Bonchev–Trinajstić information content (AvgIpc) is 2.44. The third-order valence-electron chi connectivity index (χ3n) is 3.29. The molecule has 2 rings (SSSR count). The van der Waals surface area contributed by atoms with Crippen molar-refractivity contribution in [1.82, 2.24) is 4.90 Å². The number of morpholine rings is 1. The molecule has 0 aromatic heterocycles. The predicted octanol–water partition coefficient (Wildman–Crippen LogP) is 1.73. The second-order valence-corrected chi connectivity index (χ2v) is 5.01. The van der Waals surface area contributed by atoms with E-state index in [1.807, 2.05) is 11.9 Å². The molecule has 1 heterocycles. The van der Waals surface area contributed by atoms with Crippen LogP contribution in [0.5, 0.6) is 0 Å². The molecule has 0 spiro atoms. The SMILES string of the molecule is CN1CCO[C@@H](/C=C/C(=O)c2c(F)cc(C(=O)O)cc2F)C1. The molecule has 1 N–H and O–H groups in total. The van der Waals surface area contributed by atoms with Crippen molar-refractivity contribution in [3.8, 4) is 0 Å². The molecule has 0 radical (unpaired) electrons. The Morgan fingerprint density at radius 3 is 2.55 bits per heavy atom. The van der Waals surface area contributed by atoms with E-state index in [0.717, 1.165) is 12.6 Å². The summed E-state index contributed by atoms with van der Waals surface area (Å²) in [7, 11) is 1.90. The van der Waals surface area contributed by atoms with Crippen molar-refractivity contribution < 1.29 is 28.2 Å². The molecule has 1 aliphatic heterocycles. The summed E-state index contributed by atoms with van der Waals surface area (Å²) >= 11 is 0. The number of halogens is 2. The lowest BCUT2D eigenvalue weighted by molar-refractivity contribution is 0.00687. The average molecular weight is 311 g/mol. The van der Waals surface area contributed by atoms with Gasteiger partial charge < -0.3 is 14.7 Å². The normalized spacial score (nSPS) is 19.5. The molecule has 5 nitrogen and oxygen atoms in total. The molecular formula is C15H15F2NO4. The first-order chi connectivity index (χ1) is 10.4. The van der Waals surface area contributed by atoms with Gasteiger partial charge >= 0.3 is 5.97 Å². The summed E-state index contributed by atoms with van der Waals surface area (Å²) in [6.07, 6.45) is 2.17. The summed E-state index contributed by atoms with van der Waals surface area (Å²) in [5.41, 5.74) is -1.32. The number of hydrogen-bond donors (Lipinski definition) is 1. The topological polar surface area (TPSA) is 66.8 Å². The number of ketones is 1. The van der Waals surface area contributed by atoms with Crippen molar-refractivity contribution in [1.29, 1.82) is 0 Å². The van der Waals surface area contributed by atoms with E-state index in [1.165, 1.54) is 6.08 Å². The molecule has 118 valence electrons. The van der Waals surface area contributed by atoms with Gasteiger partial charge in [-0.15, -0.1) is 0 Å². The zero-order chi connectivity index (χ0) is 16.3. The van der Waals surface area contributed by atoms with Crippen molar-refractivity contribution in [2.45, 2.75) is 6.10 Å². The number of carboxylic acid groups (broad SMARTS) is 1. The van der Waals surface area contributed by atoms with E-state index in [9.17, 15) is 18.4 Å². The number of carboxylic acids is 1. The van der Waals surface area contributed by atoms with Gasteiger partial charge in [-0.25, -0.2) is 13.6 Å². The lowest BCUT2D eigenvalue weighted by Crippen LogP contribution is -2.38. The molecule has 0 bridgehead atoms. The van der Waals surface area contributed by atoms with Crippen LogP contribution in [0, 0.1) is 11.6 Å². The Kier molecular flexibility index (Phi) is 4.99. The molecule has 0 unspecified atom stereocenters. The number of allylic oxidation sites excluding steroid dienone is 1. The van der Waals surface area contributed by atoms with Crippen LogP contribution in [0.25, 0.3) is 0 Å². The third-order valence-corrected chi connectivity index (χ3v) is 3.29. The van der Waals surface area contributed by atoms with Gasteiger partial charge in [0.1, 0.15) is 11.6 Å². The monoisotopic (exact) mass is 311 g/mol. The van der Waals surface area contributed by atoms with Crippen LogP contribution >= 0.6 is 0 Å². The first-order valence-electron chi connectivity index (χ1n) is 6.63. The number of aromatic carboxylic acids is 1. The first kappa shape index (κ1) is 16.3. The molecule has 1 aromatic rings. The number of benzene rings is 1. The second-order valence-electron chi connectivity index (χ2n) is 5.01. The molecule has 0 amide bonds. The van der Waals surface area contributed by atoms with E-state index in [0.29, 0.717) is 25.3 Å². The lowest BCUT2D eigenvalue weighted by atomic mass is 10.1. The van der Waals surface area contributed by atoms with Gasteiger partial charge in [0.2, 0.25) is 0 Å². The summed E-state index contributed by atoms with van der Waals surface area (Å²) in [4.78, 5) is 24.6. The van der Waals surface area contributed by atoms with Crippen molar-refractivity contribution >= 4 is 11.8 Å². The molecule has 1 aliphatic rings. The Balaban J connectivity index is 2.17. The molecular weight excluding hydrogens is 296 g/mol. The molecule has 0 aliphatic carbocycles. The Bertz CT molecular complexity index is 607. The minimum absolute atomic E-state index is 0.327. The number of carbonyl (C=O) groups excluding carboxylic acids is 1. The third kappa shape index (κ3) is 3.75. The van der Waals surface area contributed by atoms with Gasteiger partial charge in [-0.2, -0.15) is 0 Å². The summed E-state index contributed by atoms with van der Waals surface area (Å²) in [6.45, 7) is 1.86. The van der Waals surface area contributed by atoms with E-state index < -0.39 is 34.5 Å². The fraction of sp³-hybridized carbons (Fsp3) is 0.333. The smallest absolute Gasteiger partial charge is 0.335 e. The van der Waals surface area contributed by atoms with Crippen LogP contribution in [0.3, 0.4) is 0 Å². The fourth-order valence-corrected chi connectivity index (χ4v) is 2.14. The number of likely N-dealkylation sites (N-methyl/N-ethyl adjacent to an activating group) is 1. The van der Waals surface area contributed by atoms with Crippen LogP contribution in [0.2, 0.25) is 0 Å². The van der Waals surface area contributed by atoms with Crippen LogP contribution in [0.1, 0.15) is 20.7 Å². The van der Waals surface area contributed by atoms with Crippen molar-refractivity contribution in [3.63, 3.8) is 0 Å². The number of rotatable bonds is 4. The highest BCUT2D eigenvalue weighted by Gasteiger charge is 2.20. The summed E-state index contributed by atoms with van der Waals surface area (Å²) in [6, 6.07) is 1.24. The van der Waals surface area contributed by atoms with E-state index in [1.54, 1.807) is 0 Å². The molecule has 1 fully saturated rings. The van der Waals surface area contributed by atoms with E-state index in [2.05, 4.69) is 0 Å². The van der Waals surface area contributed by atoms with Gasteiger partial charge in [0.15, 0.2) is 5.78 Å². The second kappa shape index (κ2) is 6.76.